The van der Waals surface area contributed by atoms with Crippen LogP contribution >= 0.6 is 12.4 Å². The molecule has 0 aliphatic heterocycles. The van der Waals surface area contributed by atoms with Crippen LogP contribution in [0.15, 0.2) is 42.5 Å². The number of rotatable bonds is 7. The van der Waals surface area contributed by atoms with Crippen LogP contribution in [0.4, 0.5) is 19.0 Å². The summed E-state index contributed by atoms with van der Waals surface area (Å²) < 4.78 is 46.9. The molecule has 0 spiro atoms. The zero-order valence-electron chi connectivity index (χ0n) is 22.3. The Bertz CT molecular complexity index is 1510. The Balaban J connectivity index is 0.00000308. The summed E-state index contributed by atoms with van der Waals surface area (Å²) in [7, 11) is 1.66. The summed E-state index contributed by atoms with van der Waals surface area (Å²) in [5.41, 5.74) is 7.46. The van der Waals surface area contributed by atoms with Crippen molar-refractivity contribution in [3.8, 4) is 16.9 Å². The third-order valence-corrected chi connectivity index (χ3v) is 7.77. The van der Waals surface area contributed by atoms with Crippen molar-refractivity contribution in [2.45, 2.75) is 58.7 Å². The van der Waals surface area contributed by atoms with Crippen molar-refractivity contribution in [3.05, 3.63) is 76.1 Å². The zero-order chi connectivity index (χ0) is 26.6. The van der Waals surface area contributed by atoms with Crippen LogP contribution < -0.4 is 9.64 Å². The SMILES string of the molecule is COc1ccc(-c2c(C)nn3c(N(Cc4ccc(C(F)(F)F)cc4)CC4CC4)c4c(nc23)CCC4)c(C)c1.Cl. The molecule has 9 heteroatoms. The summed E-state index contributed by atoms with van der Waals surface area (Å²) in [6, 6.07) is 11.6. The van der Waals surface area contributed by atoms with E-state index in [1.165, 1.54) is 30.5 Å². The number of halogens is 4. The van der Waals surface area contributed by atoms with Gasteiger partial charge >= 0.3 is 6.18 Å². The van der Waals surface area contributed by atoms with Gasteiger partial charge in [0.05, 0.1) is 18.4 Å². The van der Waals surface area contributed by atoms with Gasteiger partial charge in [-0.3, -0.25) is 0 Å². The van der Waals surface area contributed by atoms with Crippen molar-refractivity contribution in [3.63, 3.8) is 0 Å². The van der Waals surface area contributed by atoms with Crippen LogP contribution in [0.25, 0.3) is 16.8 Å². The summed E-state index contributed by atoms with van der Waals surface area (Å²) in [6.45, 7) is 5.46. The average molecular weight is 557 g/mol. The Kier molecular flexibility index (Phi) is 7.27. The predicted molar refractivity (Wildman–Crippen MR) is 149 cm³/mol. The van der Waals surface area contributed by atoms with Crippen molar-refractivity contribution < 1.29 is 17.9 Å². The van der Waals surface area contributed by atoms with Crippen molar-refractivity contribution >= 4 is 23.9 Å². The molecule has 0 atom stereocenters. The lowest BCUT2D eigenvalue weighted by atomic mass is 10.0. The molecule has 6 rings (SSSR count). The Labute approximate surface area is 232 Å². The largest absolute Gasteiger partial charge is 0.497 e. The smallest absolute Gasteiger partial charge is 0.416 e. The molecule has 2 aromatic carbocycles. The van der Waals surface area contributed by atoms with Gasteiger partial charge in [0.2, 0.25) is 0 Å². The van der Waals surface area contributed by atoms with Crippen LogP contribution in [0.3, 0.4) is 0 Å². The Morgan fingerprint density at radius 3 is 2.44 bits per heavy atom. The Morgan fingerprint density at radius 1 is 1.05 bits per heavy atom. The van der Waals surface area contributed by atoms with Crippen molar-refractivity contribution in [1.82, 2.24) is 14.6 Å². The summed E-state index contributed by atoms with van der Waals surface area (Å²) in [5.74, 6) is 2.43. The maximum absolute atomic E-state index is 13.2. The Morgan fingerprint density at radius 2 is 1.79 bits per heavy atom. The lowest BCUT2D eigenvalue weighted by Gasteiger charge is -2.28. The maximum atomic E-state index is 13.2. The molecule has 0 bridgehead atoms. The van der Waals surface area contributed by atoms with E-state index in [0.29, 0.717) is 12.5 Å². The fraction of sp³-hybridized carbons (Fsp3) is 0.400. The lowest BCUT2D eigenvalue weighted by Crippen LogP contribution is -2.29. The monoisotopic (exact) mass is 556 g/mol. The molecule has 0 unspecified atom stereocenters. The van der Waals surface area contributed by atoms with Gasteiger partial charge in [0, 0.05) is 29.9 Å². The van der Waals surface area contributed by atoms with E-state index in [2.05, 4.69) is 17.9 Å². The molecule has 0 saturated heterocycles. The van der Waals surface area contributed by atoms with Crippen LogP contribution in [-0.2, 0) is 25.6 Å². The minimum atomic E-state index is -4.34. The summed E-state index contributed by atoms with van der Waals surface area (Å²) >= 11 is 0. The molecular weight excluding hydrogens is 525 g/mol. The first-order chi connectivity index (χ1) is 18.2. The number of fused-ring (bicyclic) bond motifs is 2. The summed E-state index contributed by atoms with van der Waals surface area (Å²) in [4.78, 5) is 7.47. The van der Waals surface area contributed by atoms with E-state index < -0.39 is 11.7 Å². The molecule has 2 aromatic heterocycles. The normalized spacial score (nSPS) is 14.8. The molecular formula is C30H32ClF3N4O. The molecule has 39 heavy (non-hydrogen) atoms. The highest BCUT2D eigenvalue weighted by Crippen LogP contribution is 2.40. The van der Waals surface area contributed by atoms with Gasteiger partial charge in [-0.25, -0.2) is 4.98 Å². The number of alkyl halides is 3. The summed E-state index contributed by atoms with van der Waals surface area (Å²) in [6.07, 6.45) is 0.894. The molecule has 4 aromatic rings. The third-order valence-electron chi connectivity index (χ3n) is 7.77. The first-order valence-corrected chi connectivity index (χ1v) is 13.2. The summed E-state index contributed by atoms with van der Waals surface area (Å²) in [5, 5.41) is 5.02. The highest BCUT2D eigenvalue weighted by molar-refractivity contribution is 5.85. The second-order valence-electron chi connectivity index (χ2n) is 10.6. The number of ether oxygens (including phenoxy) is 1. The van der Waals surface area contributed by atoms with Crippen LogP contribution in [0.1, 0.15) is 52.9 Å². The number of anilines is 1. The number of methoxy groups -OCH3 is 1. The van der Waals surface area contributed by atoms with Crippen LogP contribution in [-0.4, -0.2) is 28.3 Å². The average Bonchev–Trinajstić information content (AvgIpc) is 3.47. The molecule has 206 valence electrons. The number of aromatic nitrogens is 3. The van der Waals surface area contributed by atoms with E-state index in [1.54, 1.807) is 19.2 Å². The standard InChI is InChI=1S/C30H31F3N4O.ClH/c1-18-15-23(38-3)13-14-24(18)27-19(2)35-37-28(27)34-26-6-4-5-25(26)29(37)36(16-20-7-8-20)17-21-9-11-22(12-10-21)30(31,32)33;/h9-15,20H,4-8,16-17H2,1-3H3;1H. The molecule has 5 nitrogen and oxygen atoms in total. The fourth-order valence-corrected chi connectivity index (χ4v) is 5.66. The van der Waals surface area contributed by atoms with E-state index in [9.17, 15) is 13.2 Å². The highest BCUT2D eigenvalue weighted by atomic mass is 35.5. The number of aryl methyl sites for hydroxylation is 3. The topological polar surface area (TPSA) is 42.7 Å². The number of benzene rings is 2. The number of nitrogens with zero attached hydrogens (tertiary/aromatic N) is 4. The zero-order valence-corrected chi connectivity index (χ0v) is 23.1. The fourth-order valence-electron chi connectivity index (χ4n) is 5.66. The third kappa shape index (κ3) is 5.19. The Hall–Kier alpha value is -3.26. The van der Waals surface area contributed by atoms with Gasteiger partial charge in [0.15, 0.2) is 5.65 Å². The van der Waals surface area contributed by atoms with E-state index in [1.807, 2.05) is 23.6 Å². The van der Waals surface area contributed by atoms with Gasteiger partial charge in [-0.05, 0) is 92.8 Å². The van der Waals surface area contributed by atoms with Crippen molar-refractivity contribution in [1.29, 1.82) is 0 Å². The first kappa shape index (κ1) is 27.3. The minimum Gasteiger partial charge on any atom is -0.497 e. The van der Waals surface area contributed by atoms with Crippen LogP contribution in [0.2, 0.25) is 0 Å². The lowest BCUT2D eigenvalue weighted by molar-refractivity contribution is -0.137. The quantitative estimate of drug-likeness (QED) is 0.238. The van der Waals surface area contributed by atoms with Gasteiger partial charge in [0.1, 0.15) is 11.6 Å². The number of hydrogen-bond acceptors (Lipinski definition) is 4. The number of hydrogen-bond donors (Lipinski definition) is 0. The van der Waals surface area contributed by atoms with E-state index in [0.717, 1.165) is 76.7 Å². The minimum absolute atomic E-state index is 0. The van der Waals surface area contributed by atoms with Gasteiger partial charge in [-0.2, -0.15) is 22.8 Å². The second kappa shape index (κ2) is 10.4. The van der Waals surface area contributed by atoms with E-state index >= 15 is 0 Å². The molecule has 0 radical (unpaired) electrons. The van der Waals surface area contributed by atoms with Gasteiger partial charge < -0.3 is 9.64 Å². The predicted octanol–water partition coefficient (Wildman–Crippen LogP) is 7.37. The first-order valence-electron chi connectivity index (χ1n) is 13.2. The van der Waals surface area contributed by atoms with Crippen molar-refractivity contribution in [2.75, 3.05) is 18.6 Å². The van der Waals surface area contributed by atoms with E-state index in [-0.39, 0.29) is 12.4 Å². The molecule has 0 N–H and O–H groups in total. The van der Waals surface area contributed by atoms with Gasteiger partial charge in [-0.1, -0.05) is 18.2 Å². The van der Waals surface area contributed by atoms with Crippen LogP contribution in [0.5, 0.6) is 5.75 Å². The van der Waals surface area contributed by atoms with Gasteiger partial charge in [0.25, 0.3) is 0 Å². The maximum Gasteiger partial charge on any atom is 0.416 e. The molecule has 0 amide bonds. The van der Waals surface area contributed by atoms with E-state index in [4.69, 9.17) is 14.8 Å². The van der Waals surface area contributed by atoms with Gasteiger partial charge in [-0.15, -0.1) is 12.4 Å². The molecule has 1 saturated carbocycles. The van der Waals surface area contributed by atoms with Crippen molar-refractivity contribution in [2.24, 2.45) is 5.92 Å². The second-order valence-corrected chi connectivity index (χ2v) is 10.6. The molecule has 2 aliphatic carbocycles. The van der Waals surface area contributed by atoms with Crippen LogP contribution in [0, 0.1) is 19.8 Å². The molecule has 2 heterocycles. The molecule has 2 aliphatic rings. The molecule has 1 fully saturated rings. The highest BCUT2D eigenvalue weighted by Gasteiger charge is 2.32.